The third-order valence-corrected chi connectivity index (χ3v) is 5.20. The van der Waals surface area contributed by atoms with Crippen LogP contribution in [0.1, 0.15) is 41.1 Å². The summed E-state index contributed by atoms with van der Waals surface area (Å²) in [4.78, 5) is 12.9. The van der Waals surface area contributed by atoms with Crippen LogP contribution >= 0.6 is 0 Å². The molecule has 0 radical (unpaired) electrons. The van der Waals surface area contributed by atoms with E-state index in [0.29, 0.717) is 19.4 Å². The van der Waals surface area contributed by atoms with E-state index >= 15 is 0 Å². The minimum atomic E-state index is -0.430. The molecule has 2 aromatic rings. The summed E-state index contributed by atoms with van der Waals surface area (Å²) in [5.74, 6) is 0.700. The molecule has 150 valence electrons. The molecule has 3 rings (SSSR count). The fourth-order valence-electron chi connectivity index (χ4n) is 3.87. The van der Waals surface area contributed by atoms with E-state index in [1.165, 1.54) is 16.7 Å². The van der Waals surface area contributed by atoms with E-state index in [2.05, 4.69) is 37.4 Å². The average Bonchev–Trinajstić information content (AvgIpc) is 3.16. The number of ether oxygens (including phenoxy) is 2. The summed E-state index contributed by atoms with van der Waals surface area (Å²) in [5, 5.41) is 3.20. The van der Waals surface area contributed by atoms with Gasteiger partial charge in [0.15, 0.2) is 0 Å². The van der Waals surface area contributed by atoms with Crippen molar-refractivity contribution in [3.8, 4) is 5.75 Å². The van der Waals surface area contributed by atoms with Crippen LogP contribution in [0.25, 0.3) is 0 Å². The molecule has 1 amide bonds. The Morgan fingerprint density at radius 3 is 2.61 bits per heavy atom. The van der Waals surface area contributed by atoms with Gasteiger partial charge in [-0.1, -0.05) is 41.5 Å². The van der Waals surface area contributed by atoms with Gasteiger partial charge in [-0.25, -0.2) is 0 Å². The Labute approximate surface area is 167 Å². The molecule has 3 atom stereocenters. The topological polar surface area (TPSA) is 73.6 Å². The Kier molecular flexibility index (Phi) is 6.70. The second kappa shape index (κ2) is 9.22. The van der Waals surface area contributed by atoms with Gasteiger partial charge in [-0.3, -0.25) is 4.79 Å². The molecule has 1 fully saturated rings. The minimum Gasteiger partial charge on any atom is -0.497 e. The zero-order chi connectivity index (χ0) is 20.1. The van der Waals surface area contributed by atoms with Gasteiger partial charge < -0.3 is 20.5 Å². The predicted octanol–water partition coefficient (Wildman–Crippen LogP) is 3.22. The van der Waals surface area contributed by atoms with Crippen LogP contribution in [-0.4, -0.2) is 31.8 Å². The number of nitrogens with two attached hydrogens (primary N) is 1. The number of hydrogen-bond acceptors (Lipinski definition) is 4. The van der Waals surface area contributed by atoms with E-state index in [1.807, 2.05) is 24.3 Å². The number of nitrogens with one attached hydrogen (secondary N) is 1. The first-order chi connectivity index (χ1) is 13.5. The fraction of sp³-hybridized carbons (Fsp3) is 0.435. The number of rotatable bonds is 7. The lowest BCUT2D eigenvalue weighted by atomic mass is 9.96. The number of hydrogen-bond donors (Lipinski definition) is 2. The van der Waals surface area contributed by atoms with Crippen LogP contribution < -0.4 is 15.8 Å². The third-order valence-electron chi connectivity index (χ3n) is 5.20. The number of benzene rings is 2. The number of amides is 1. The monoisotopic (exact) mass is 382 g/mol. The standard InChI is InChI=1S/C23H30N2O3/c1-15-9-16(2)11-17(10-15)12-21(18-5-4-6-19(13-18)27-3)25-23(26)22-8-7-20(14-24)28-22/h4-6,9-11,13,20-22H,7-8,12,14,24H2,1-3H3,(H,25,26)/t20-,21?,22+/m1/s1. The summed E-state index contributed by atoms with van der Waals surface area (Å²) < 4.78 is 11.2. The first-order valence-electron chi connectivity index (χ1n) is 9.85. The van der Waals surface area contributed by atoms with Crippen LogP contribution in [0.3, 0.4) is 0 Å². The summed E-state index contributed by atoms with van der Waals surface area (Å²) in [6.45, 7) is 4.63. The highest BCUT2D eigenvalue weighted by molar-refractivity contribution is 5.81. The number of carbonyl (C=O) groups is 1. The SMILES string of the molecule is COc1cccc(C(Cc2cc(C)cc(C)c2)NC(=O)[C@@H]2CC[C@H](CN)O2)c1. The first kappa shape index (κ1) is 20.4. The normalized spacial score (nSPS) is 20.0. The van der Waals surface area contributed by atoms with E-state index < -0.39 is 6.10 Å². The maximum absolute atomic E-state index is 12.9. The molecule has 1 unspecified atom stereocenters. The highest BCUT2D eigenvalue weighted by Crippen LogP contribution is 2.25. The Balaban J connectivity index is 1.82. The molecule has 28 heavy (non-hydrogen) atoms. The Morgan fingerprint density at radius 1 is 1.21 bits per heavy atom. The summed E-state index contributed by atoms with van der Waals surface area (Å²) in [6, 6.07) is 14.2. The highest BCUT2D eigenvalue weighted by Gasteiger charge is 2.31. The molecular weight excluding hydrogens is 352 g/mol. The van der Waals surface area contributed by atoms with Crippen LogP contribution in [0, 0.1) is 13.8 Å². The fourth-order valence-corrected chi connectivity index (χ4v) is 3.87. The smallest absolute Gasteiger partial charge is 0.249 e. The molecule has 0 spiro atoms. The molecule has 5 heteroatoms. The Hall–Kier alpha value is -2.37. The van der Waals surface area contributed by atoms with Crippen LogP contribution in [0.4, 0.5) is 0 Å². The minimum absolute atomic E-state index is 0.0227. The van der Waals surface area contributed by atoms with Gasteiger partial charge in [0.05, 0.1) is 19.3 Å². The van der Waals surface area contributed by atoms with E-state index in [1.54, 1.807) is 7.11 Å². The number of carbonyl (C=O) groups excluding carboxylic acids is 1. The van der Waals surface area contributed by atoms with E-state index in [9.17, 15) is 4.79 Å². The Morgan fingerprint density at radius 2 is 1.96 bits per heavy atom. The maximum Gasteiger partial charge on any atom is 0.249 e. The van der Waals surface area contributed by atoms with Crippen molar-refractivity contribution in [1.29, 1.82) is 0 Å². The average molecular weight is 383 g/mol. The van der Waals surface area contributed by atoms with E-state index in [4.69, 9.17) is 15.2 Å². The molecule has 5 nitrogen and oxygen atoms in total. The molecule has 2 aromatic carbocycles. The van der Waals surface area contributed by atoms with Gasteiger partial charge >= 0.3 is 0 Å². The van der Waals surface area contributed by atoms with Crippen molar-refractivity contribution < 1.29 is 14.3 Å². The molecule has 0 saturated carbocycles. The van der Waals surface area contributed by atoms with Crippen LogP contribution in [0.15, 0.2) is 42.5 Å². The largest absolute Gasteiger partial charge is 0.497 e. The zero-order valence-electron chi connectivity index (χ0n) is 16.9. The van der Waals surface area contributed by atoms with Crippen molar-refractivity contribution >= 4 is 5.91 Å². The van der Waals surface area contributed by atoms with Crippen molar-refractivity contribution in [2.24, 2.45) is 5.73 Å². The van der Waals surface area contributed by atoms with Crippen molar-refractivity contribution in [3.05, 3.63) is 64.7 Å². The molecular formula is C23H30N2O3. The zero-order valence-corrected chi connectivity index (χ0v) is 16.9. The number of aryl methyl sites for hydroxylation is 2. The van der Waals surface area contributed by atoms with Gasteiger partial charge in [0.2, 0.25) is 5.91 Å². The molecule has 3 N–H and O–H groups in total. The quantitative estimate of drug-likeness (QED) is 0.771. The molecule has 1 saturated heterocycles. The second-order valence-corrected chi connectivity index (χ2v) is 7.60. The highest BCUT2D eigenvalue weighted by atomic mass is 16.5. The van der Waals surface area contributed by atoms with Crippen molar-refractivity contribution in [1.82, 2.24) is 5.32 Å². The molecule has 1 aliphatic heterocycles. The molecule has 0 aliphatic carbocycles. The van der Waals surface area contributed by atoms with Crippen LogP contribution in [-0.2, 0) is 16.0 Å². The first-order valence-corrected chi connectivity index (χ1v) is 9.85. The van der Waals surface area contributed by atoms with E-state index in [0.717, 1.165) is 17.7 Å². The van der Waals surface area contributed by atoms with Gasteiger partial charge in [0, 0.05) is 6.54 Å². The molecule has 1 aliphatic rings. The number of methoxy groups -OCH3 is 1. The van der Waals surface area contributed by atoms with Gasteiger partial charge in [-0.2, -0.15) is 0 Å². The van der Waals surface area contributed by atoms with Crippen molar-refractivity contribution in [2.45, 2.75) is 51.4 Å². The second-order valence-electron chi connectivity index (χ2n) is 7.60. The predicted molar refractivity (Wildman–Crippen MR) is 110 cm³/mol. The summed E-state index contributed by atoms with van der Waals surface area (Å²) in [6.07, 6.45) is 1.79. The van der Waals surface area contributed by atoms with Gasteiger partial charge in [0.1, 0.15) is 11.9 Å². The van der Waals surface area contributed by atoms with Crippen molar-refractivity contribution in [3.63, 3.8) is 0 Å². The molecule has 0 aromatic heterocycles. The summed E-state index contributed by atoms with van der Waals surface area (Å²) >= 11 is 0. The van der Waals surface area contributed by atoms with Crippen molar-refractivity contribution in [2.75, 3.05) is 13.7 Å². The summed E-state index contributed by atoms with van der Waals surface area (Å²) in [5.41, 5.74) is 10.3. The Bertz CT molecular complexity index is 801. The van der Waals surface area contributed by atoms with E-state index in [-0.39, 0.29) is 18.1 Å². The lowest BCUT2D eigenvalue weighted by molar-refractivity contribution is -0.132. The lowest BCUT2D eigenvalue weighted by Crippen LogP contribution is -2.38. The van der Waals surface area contributed by atoms with Crippen LogP contribution in [0.2, 0.25) is 0 Å². The summed E-state index contributed by atoms with van der Waals surface area (Å²) in [7, 11) is 1.65. The third kappa shape index (κ3) is 5.12. The molecule has 0 bridgehead atoms. The maximum atomic E-state index is 12.9. The lowest BCUT2D eigenvalue weighted by Gasteiger charge is -2.22. The molecule has 1 heterocycles. The van der Waals surface area contributed by atoms with Gasteiger partial charge in [-0.15, -0.1) is 0 Å². The van der Waals surface area contributed by atoms with Crippen LogP contribution in [0.5, 0.6) is 5.75 Å². The van der Waals surface area contributed by atoms with Gasteiger partial charge in [-0.05, 0) is 56.4 Å². The van der Waals surface area contributed by atoms with Gasteiger partial charge in [0.25, 0.3) is 0 Å².